The van der Waals surface area contributed by atoms with Crippen molar-refractivity contribution in [2.45, 2.75) is 6.61 Å². The van der Waals surface area contributed by atoms with Crippen molar-refractivity contribution in [2.24, 2.45) is 5.10 Å². The van der Waals surface area contributed by atoms with Crippen LogP contribution in [0.4, 0.5) is 4.39 Å². The van der Waals surface area contributed by atoms with Gasteiger partial charge >= 0.3 is 0 Å². The van der Waals surface area contributed by atoms with Gasteiger partial charge in [0.05, 0.1) is 13.3 Å². The molecule has 0 aliphatic heterocycles. The van der Waals surface area contributed by atoms with Gasteiger partial charge < -0.3 is 9.47 Å². The summed E-state index contributed by atoms with van der Waals surface area (Å²) in [7, 11) is 1.59. The van der Waals surface area contributed by atoms with Gasteiger partial charge in [-0.15, -0.1) is 0 Å². The topological polar surface area (TPSA) is 59.9 Å². The molecule has 1 amide bonds. The van der Waals surface area contributed by atoms with Crippen molar-refractivity contribution in [3.8, 4) is 11.5 Å². The highest BCUT2D eigenvalue weighted by Gasteiger charge is 2.07. The average Bonchev–Trinajstić information content (AvgIpc) is 2.73. The van der Waals surface area contributed by atoms with Crippen LogP contribution < -0.4 is 14.9 Å². The van der Waals surface area contributed by atoms with E-state index in [1.807, 2.05) is 42.5 Å². The number of para-hydroxylation sites is 1. The standard InChI is InChI=1S/C22H19FN2O3/c1-27-21-11-10-16(12-18(21)15-28-20-8-3-2-4-9-20)14-24-25-22(26)17-6-5-7-19(23)13-17/h2-14H,15H2,1H3,(H,25,26)/b24-14-. The lowest BCUT2D eigenvalue weighted by Gasteiger charge is -2.11. The summed E-state index contributed by atoms with van der Waals surface area (Å²) in [6.07, 6.45) is 1.50. The first kappa shape index (κ1) is 19.1. The Hall–Kier alpha value is -3.67. The zero-order valence-corrected chi connectivity index (χ0v) is 15.3. The van der Waals surface area contributed by atoms with Gasteiger partial charge in [0.1, 0.15) is 23.9 Å². The number of ether oxygens (including phenoxy) is 2. The number of hydrogen-bond acceptors (Lipinski definition) is 4. The highest BCUT2D eigenvalue weighted by atomic mass is 19.1. The van der Waals surface area contributed by atoms with E-state index >= 15 is 0 Å². The summed E-state index contributed by atoms with van der Waals surface area (Å²) in [4.78, 5) is 12.0. The van der Waals surface area contributed by atoms with Crippen molar-refractivity contribution < 1.29 is 18.7 Å². The number of nitrogens with zero attached hydrogens (tertiary/aromatic N) is 1. The Morgan fingerprint density at radius 3 is 2.64 bits per heavy atom. The predicted molar refractivity (Wildman–Crippen MR) is 105 cm³/mol. The average molecular weight is 378 g/mol. The lowest BCUT2D eigenvalue weighted by molar-refractivity contribution is 0.0954. The number of carbonyl (C=O) groups is 1. The quantitative estimate of drug-likeness (QED) is 0.496. The summed E-state index contributed by atoms with van der Waals surface area (Å²) in [6, 6.07) is 20.3. The fourth-order valence-electron chi connectivity index (χ4n) is 2.53. The molecule has 28 heavy (non-hydrogen) atoms. The monoisotopic (exact) mass is 378 g/mol. The molecule has 0 aliphatic rings. The molecule has 0 radical (unpaired) electrons. The molecule has 3 aromatic rings. The van der Waals surface area contributed by atoms with Crippen LogP contribution in [0.5, 0.6) is 11.5 Å². The maximum atomic E-state index is 13.2. The molecule has 0 atom stereocenters. The molecule has 0 saturated carbocycles. The zero-order chi connectivity index (χ0) is 19.8. The van der Waals surface area contributed by atoms with Crippen LogP contribution in [-0.2, 0) is 6.61 Å². The molecule has 0 heterocycles. The van der Waals surface area contributed by atoms with Crippen LogP contribution in [0.15, 0.2) is 77.9 Å². The third-order valence-electron chi connectivity index (χ3n) is 3.91. The lowest BCUT2D eigenvalue weighted by atomic mass is 10.1. The van der Waals surface area contributed by atoms with Gasteiger partial charge in [0.2, 0.25) is 0 Å². The predicted octanol–water partition coefficient (Wildman–Crippen LogP) is 4.18. The Balaban J connectivity index is 1.66. The number of hydrazone groups is 1. The number of halogens is 1. The van der Waals surface area contributed by atoms with E-state index in [1.165, 1.54) is 24.4 Å². The van der Waals surface area contributed by atoms with Crippen LogP contribution in [0.1, 0.15) is 21.5 Å². The zero-order valence-electron chi connectivity index (χ0n) is 15.3. The first-order valence-corrected chi connectivity index (χ1v) is 8.59. The van der Waals surface area contributed by atoms with Gasteiger partial charge in [0.15, 0.2) is 0 Å². The largest absolute Gasteiger partial charge is 0.496 e. The molecule has 0 aliphatic carbocycles. The summed E-state index contributed by atoms with van der Waals surface area (Å²) in [6.45, 7) is 0.324. The number of amides is 1. The Labute approximate surface area is 162 Å². The maximum absolute atomic E-state index is 13.2. The number of hydrogen-bond donors (Lipinski definition) is 1. The fourth-order valence-corrected chi connectivity index (χ4v) is 2.53. The van der Waals surface area contributed by atoms with Crippen LogP contribution in [0.2, 0.25) is 0 Å². The van der Waals surface area contributed by atoms with E-state index in [4.69, 9.17) is 9.47 Å². The molecular formula is C22H19FN2O3. The minimum absolute atomic E-state index is 0.198. The molecule has 0 bridgehead atoms. The molecule has 0 aromatic heterocycles. The van der Waals surface area contributed by atoms with Crippen LogP contribution in [-0.4, -0.2) is 19.2 Å². The van der Waals surface area contributed by atoms with Crippen LogP contribution >= 0.6 is 0 Å². The molecule has 5 nitrogen and oxygen atoms in total. The summed E-state index contributed by atoms with van der Waals surface area (Å²) in [5.74, 6) is 0.481. The van der Waals surface area contributed by atoms with E-state index in [-0.39, 0.29) is 5.56 Å². The number of methoxy groups -OCH3 is 1. The van der Waals surface area contributed by atoms with E-state index in [2.05, 4.69) is 10.5 Å². The highest BCUT2D eigenvalue weighted by molar-refractivity contribution is 5.94. The van der Waals surface area contributed by atoms with Crippen molar-refractivity contribution in [2.75, 3.05) is 7.11 Å². The van der Waals surface area contributed by atoms with Crippen molar-refractivity contribution in [3.63, 3.8) is 0 Å². The number of benzene rings is 3. The molecule has 0 fully saturated rings. The van der Waals surface area contributed by atoms with Gasteiger partial charge in [0, 0.05) is 11.1 Å². The Morgan fingerprint density at radius 2 is 1.89 bits per heavy atom. The number of carbonyl (C=O) groups excluding carboxylic acids is 1. The molecular weight excluding hydrogens is 359 g/mol. The Kier molecular flexibility index (Phi) is 6.36. The lowest BCUT2D eigenvalue weighted by Crippen LogP contribution is -2.17. The summed E-state index contributed by atoms with van der Waals surface area (Å²) in [5.41, 5.74) is 4.18. The molecule has 0 unspecified atom stereocenters. The van der Waals surface area contributed by atoms with Gasteiger partial charge in [-0.05, 0) is 54.1 Å². The second-order valence-corrected chi connectivity index (χ2v) is 5.88. The highest BCUT2D eigenvalue weighted by Crippen LogP contribution is 2.21. The fraction of sp³-hybridized carbons (Fsp3) is 0.0909. The molecule has 0 saturated heterocycles. The molecule has 142 valence electrons. The van der Waals surface area contributed by atoms with Gasteiger partial charge in [-0.3, -0.25) is 4.79 Å². The van der Waals surface area contributed by atoms with E-state index in [1.54, 1.807) is 13.2 Å². The Bertz CT molecular complexity index is 975. The van der Waals surface area contributed by atoms with Crippen LogP contribution in [0, 0.1) is 5.82 Å². The molecule has 6 heteroatoms. The minimum atomic E-state index is -0.489. The normalized spacial score (nSPS) is 10.6. The number of rotatable bonds is 7. The molecule has 0 spiro atoms. The van der Waals surface area contributed by atoms with Crippen LogP contribution in [0.3, 0.4) is 0 Å². The first-order valence-electron chi connectivity index (χ1n) is 8.59. The smallest absolute Gasteiger partial charge is 0.271 e. The van der Waals surface area contributed by atoms with E-state index in [9.17, 15) is 9.18 Å². The summed E-state index contributed by atoms with van der Waals surface area (Å²) < 4.78 is 24.3. The van der Waals surface area contributed by atoms with Crippen molar-refractivity contribution in [1.82, 2.24) is 5.43 Å². The van der Waals surface area contributed by atoms with Gasteiger partial charge in [-0.25, -0.2) is 9.82 Å². The van der Waals surface area contributed by atoms with Crippen molar-refractivity contribution in [1.29, 1.82) is 0 Å². The van der Waals surface area contributed by atoms with Gasteiger partial charge in [-0.2, -0.15) is 5.10 Å². The molecule has 3 rings (SSSR count). The van der Waals surface area contributed by atoms with Crippen molar-refractivity contribution in [3.05, 3.63) is 95.3 Å². The minimum Gasteiger partial charge on any atom is -0.496 e. The van der Waals surface area contributed by atoms with Crippen molar-refractivity contribution >= 4 is 12.1 Å². The summed E-state index contributed by atoms with van der Waals surface area (Å²) >= 11 is 0. The van der Waals surface area contributed by atoms with E-state index in [0.29, 0.717) is 12.4 Å². The summed E-state index contributed by atoms with van der Waals surface area (Å²) in [5, 5.41) is 3.93. The SMILES string of the molecule is COc1ccc(/C=N\NC(=O)c2cccc(F)c2)cc1COc1ccccc1. The number of nitrogens with one attached hydrogen (secondary N) is 1. The Morgan fingerprint density at radius 1 is 1.07 bits per heavy atom. The third kappa shape index (κ3) is 5.17. The van der Waals surface area contributed by atoms with Gasteiger partial charge in [-0.1, -0.05) is 24.3 Å². The third-order valence-corrected chi connectivity index (χ3v) is 3.91. The van der Waals surface area contributed by atoms with Gasteiger partial charge in [0.25, 0.3) is 5.91 Å². The van der Waals surface area contributed by atoms with E-state index < -0.39 is 11.7 Å². The molecule has 3 aromatic carbocycles. The maximum Gasteiger partial charge on any atom is 0.271 e. The second kappa shape index (κ2) is 9.32. The van der Waals surface area contributed by atoms with E-state index in [0.717, 1.165) is 22.9 Å². The molecule has 1 N–H and O–H groups in total. The van der Waals surface area contributed by atoms with Crippen LogP contribution in [0.25, 0.3) is 0 Å². The first-order chi connectivity index (χ1) is 13.7. The second-order valence-electron chi connectivity index (χ2n) is 5.88.